The van der Waals surface area contributed by atoms with Crippen molar-refractivity contribution in [3.05, 3.63) is 85.8 Å². The molecule has 0 fully saturated rings. The lowest BCUT2D eigenvalue weighted by atomic mass is 10.2. The van der Waals surface area contributed by atoms with E-state index in [1.165, 1.54) is 43.7 Å². The van der Waals surface area contributed by atoms with Crippen LogP contribution in [0.25, 0.3) is 0 Å². The Morgan fingerprint density at radius 3 is 2.31 bits per heavy atom. The van der Waals surface area contributed by atoms with Crippen LogP contribution in [0.2, 0.25) is 20.1 Å². The Balaban J connectivity index is 1.61. The molecule has 0 spiro atoms. The molecular weight excluding hydrogens is 538 g/mol. The number of halogens is 4. The largest absolute Gasteiger partial charge is 0.493 e. The van der Waals surface area contributed by atoms with Crippen molar-refractivity contribution in [2.24, 2.45) is 5.10 Å². The molecule has 0 saturated carbocycles. The molecule has 0 aromatic heterocycles. The lowest BCUT2D eigenvalue weighted by Crippen LogP contribution is -2.33. The molecule has 3 rings (SSSR count). The van der Waals surface area contributed by atoms with E-state index in [9.17, 15) is 9.59 Å². The smallest absolute Gasteiger partial charge is 0.343 e. The molecule has 0 aliphatic rings. The van der Waals surface area contributed by atoms with E-state index in [1.807, 2.05) is 0 Å². The SMILES string of the molecule is COc1cc(/C=N/NC(=O)C(C)Oc2ccc(Cl)cc2Cl)ccc1OC(=O)c1ccc(Cl)c(Cl)c1. The van der Waals surface area contributed by atoms with Gasteiger partial charge in [-0.05, 0) is 67.1 Å². The molecule has 1 N–H and O–H groups in total. The van der Waals surface area contributed by atoms with Crippen molar-refractivity contribution in [2.75, 3.05) is 7.11 Å². The Bertz CT molecular complexity index is 1280. The second-order valence-electron chi connectivity index (χ2n) is 7.00. The van der Waals surface area contributed by atoms with Crippen molar-refractivity contribution >= 4 is 64.5 Å². The lowest BCUT2D eigenvalue weighted by molar-refractivity contribution is -0.127. The van der Waals surface area contributed by atoms with Gasteiger partial charge in [0.1, 0.15) is 5.75 Å². The molecule has 0 aliphatic carbocycles. The van der Waals surface area contributed by atoms with E-state index in [4.69, 9.17) is 60.6 Å². The first-order chi connectivity index (χ1) is 16.7. The molecule has 1 atom stereocenters. The minimum Gasteiger partial charge on any atom is -0.493 e. The van der Waals surface area contributed by atoms with Gasteiger partial charge in [0.2, 0.25) is 0 Å². The zero-order valence-corrected chi connectivity index (χ0v) is 21.4. The van der Waals surface area contributed by atoms with Crippen LogP contribution in [-0.2, 0) is 4.79 Å². The number of hydrogen-bond acceptors (Lipinski definition) is 6. The molecule has 7 nitrogen and oxygen atoms in total. The van der Waals surface area contributed by atoms with Gasteiger partial charge in [0.05, 0.1) is 34.0 Å². The summed E-state index contributed by atoms with van der Waals surface area (Å²) < 4.78 is 16.3. The summed E-state index contributed by atoms with van der Waals surface area (Å²) in [7, 11) is 1.43. The minimum absolute atomic E-state index is 0.187. The van der Waals surface area contributed by atoms with Crippen molar-refractivity contribution in [3.8, 4) is 17.2 Å². The Morgan fingerprint density at radius 2 is 1.63 bits per heavy atom. The number of methoxy groups -OCH3 is 1. The van der Waals surface area contributed by atoms with Gasteiger partial charge in [-0.25, -0.2) is 10.2 Å². The van der Waals surface area contributed by atoms with E-state index in [0.29, 0.717) is 21.4 Å². The summed E-state index contributed by atoms with van der Waals surface area (Å²) in [4.78, 5) is 24.7. The predicted octanol–water partition coefficient (Wildman–Crippen LogP) is 6.45. The summed E-state index contributed by atoms with van der Waals surface area (Å²) in [6.07, 6.45) is 0.524. The number of esters is 1. The number of nitrogens with one attached hydrogen (secondary N) is 1. The highest BCUT2D eigenvalue weighted by atomic mass is 35.5. The third-order valence-electron chi connectivity index (χ3n) is 4.50. The topological polar surface area (TPSA) is 86.2 Å². The van der Waals surface area contributed by atoms with Crippen LogP contribution in [0.4, 0.5) is 0 Å². The molecule has 0 bridgehead atoms. The third-order valence-corrected chi connectivity index (χ3v) is 5.77. The average molecular weight is 556 g/mol. The molecule has 1 amide bonds. The minimum atomic E-state index is -0.872. The van der Waals surface area contributed by atoms with Gasteiger partial charge in [-0.2, -0.15) is 5.10 Å². The number of benzene rings is 3. The number of carbonyl (C=O) groups is 2. The van der Waals surface area contributed by atoms with Crippen molar-refractivity contribution in [1.82, 2.24) is 5.43 Å². The van der Waals surface area contributed by atoms with E-state index in [-0.39, 0.29) is 27.1 Å². The number of rotatable bonds is 8. The number of amides is 1. The molecule has 11 heteroatoms. The van der Waals surface area contributed by atoms with Crippen LogP contribution in [0, 0.1) is 0 Å². The number of ether oxygens (including phenoxy) is 3. The maximum atomic E-state index is 12.4. The predicted molar refractivity (Wildman–Crippen MR) is 137 cm³/mol. The van der Waals surface area contributed by atoms with Crippen LogP contribution in [0.1, 0.15) is 22.8 Å². The molecule has 1 unspecified atom stereocenters. The van der Waals surface area contributed by atoms with E-state index in [0.717, 1.165) is 0 Å². The summed E-state index contributed by atoms with van der Waals surface area (Å²) >= 11 is 23.7. The average Bonchev–Trinajstić information content (AvgIpc) is 2.83. The van der Waals surface area contributed by atoms with Gasteiger partial charge in [0.25, 0.3) is 5.91 Å². The zero-order valence-electron chi connectivity index (χ0n) is 18.4. The van der Waals surface area contributed by atoms with E-state index in [1.54, 1.807) is 31.2 Å². The first-order valence-corrected chi connectivity index (χ1v) is 11.5. The molecule has 3 aromatic carbocycles. The highest BCUT2D eigenvalue weighted by molar-refractivity contribution is 6.42. The third kappa shape index (κ3) is 7.26. The first kappa shape index (κ1) is 26.6. The van der Waals surface area contributed by atoms with Crippen molar-refractivity contribution in [2.45, 2.75) is 13.0 Å². The normalized spacial score (nSPS) is 11.7. The molecule has 0 saturated heterocycles. The van der Waals surface area contributed by atoms with Crippen LogP contribution in [-0.4, -0.2) is 31.3 Å². The Hall–Kier alpha value is -2.97. The van der Waals surface area contributed by atoms with Crippen molar-refractivity contribution in [1.29, 1.82) is 0 Å². The Kier molecular flexibility index (Phi) is 9.23. The van der Waals surface area contributed by atoms with Crippen LogP contribution in [0.3, 0.4) is 0 Å². The lowest BCUT2D eigenvalue weighted by Gasteiger charge is -2.14. The summed E-state index contributed by atoms with van der Waals surface area (Å²) in [6, 6.07) is 13.8. The van der Waals surface area contributed by atoms with E-state index in [2.05, 4.69) is 10.5 Å². The van der Waals surface area contributed by atoms with E-state index < -0.39 is 18.0 Å². The van der Waals surface area contributed by atoms with Gasteiger partial charge in [-0.1, -0.05) is 46.4 Å². The van der Waals surface area contributed by atoms with Crippen LogP contribution in [0.5, 0.6) is 17.2 Å². The molecule has 0 aliphatic heterocycles. The summed E-state index contributed by atoms with van der Waals surface area (Å²) in [5, 5.41) is 5.22. The van der Waals surface area contributed by atoms with Crippen molar-refractivity contribution in [3.63, 3.8) is 0 Å². The highest BCUT2D eigenvalue weighted by Crippen LogP contribution is 2.30. The monoisotopic (exact) mass is 554 g/mol. The van der Waals surface area contributed by atoms with Crippen molar-refractivity contribution < 1.29 is 23.8 Å². The van der Waals surface area contributed by atoms with Gasteiger partial charge in [0.15, 0.2) is 17.6 Å². The fourth-order valence-corrected chi connectivity index (χ4v) is 3.46. The second kappa shape index (κ2) is 12.1. The van der Waals surface area contributed by atoms with Crippen LogP contribution in [0.15, 0.2) is 59.7 Å². The number of carbonyl (C=O) groups excluding carboxylic acids is 2. The molecule has 0 radical (unpaired) electrons. The number of hydrazone groups is 1. The standard InChI is InChI=1S/C24H18Cl4N2O5/c1-13(34-20-8-5-16(25)11-19(20)28)23(31)30-29-12-14-3-7-21(22(9-14)33-2)35-24(32)15-4-6-17(26)18(27)10-15/h3-13H,1-2H3,(H,30,31)/b29-12+. The fourth-order valence-electron chi connectivity index (χ4n) is 2.71. The van der Waals surface area contributed by atoms with E-state index >= 15 is 0 Å². The van der Waals surface area contributed by atoms with Gasteiger partial charge in [-0.15, -0.1) is 0 Å². The quantitative estimate of drug-likeness (QED) is 0.149. The fraction of sp³-hybridized carbons (Fsp3) is 0.125. The highest BCUT2D eigenvalue weighted by Gasteiger charge is 2.16. The first-order valence-electron chi connectivity index (χ1n) is 9.98. The maximum absolute atomic E-state index is 12.4. The van der Waals surface area contributed by atoms with Gasteiger partial charge in [-0.3, -0.25) is 4.79 Å². The Morgan fingerprint density at radius 1 is 0.886 bits per heavy atom. The molecule has 35 heavy (non-hydrogen) atoms. The number of hydrogen-bond donors (Lipinski definition) is 1. The maximum Gasteiger partial charge on any atom is 0.343 e. The van der Waals surface area contributed by atoms with Crippen LogP contribution >= 0.6 is 46.4 Å². The summed E-state index contributed by atoms with van der Waals surface area (Å²) in [5.74, 6) is -0.343. The summed E-state index contributed by atoms with van der Waals surface area (Å²) in [5.41, 5.74) is 3.19. The van der Waals surface area contributed by atoms with Gasteiger partial charge in [0, 0.05) is 5.02 Å². The zero-order chi connectivity index (χ0) is 25.5. The summed E-state index contributed by atoms with van der Waals surface area (Å²) in [6.45, 7) is 1.55. The molecule has 3 aromatic rings. The Labute approximate surface area is 221 Å². The number of nitrogens with zero attached hydrogens (tertiary/aromatic N) is 1. The van der Waals surface area contributed by atoms with Gasteiger partial charge < -0.3 is 14.2 Å². The van der Waals surface area contributed by atoms with Crippen LogP contribution < -0.4 is 19.6 Å². The van der Waals surface area contributed by atoms with Gasteiger partial charge >= 0.3 is 5.97 Å². The second-order valence-corrected chi connectivity index (χ2v) is 8.66. The molecule has 0 heterocycles. The molecule has 182 valence electrons. The molecular formula is C24H18Cl4N2O5.